The predicted molar refractivity (Wildman–Crippen MR) is 53.1 cm³/mol. The van der Waals surface area contributed by atoms with E-state index in [9.17, 15) is 9.59 Å². The van der Waals surface area contributed by atoms with Gasteiger partial charge in [0.05, 0.1) is 5.69 Å². The second kappa shape index (κ2) is 4.41. The molecule has 0 fully saturated rings. The fraction of sp³-hybridized carbons (Fsp3) is 0.200. The number of hydrogen-bond donors (Lipinski definition) is 0. The van der Waals surface area contributed by atoms with Gasteiger partial charge in [0.2, 0.25) is 5.91 Å². The molecule has 1 rings (SSSR count). The Hall–Kier alpha value is -1.84. The van der Waals surface area contributed by atoms with Gasteiger partial charge in [-0.15, -0.1) is 0 Å². The zero-order chi connectivity index (χ0) is 10.6. The maximum Gasteiger partial charge on any atom is 0.337 e. The molecule has 1 aromatic carbocycles. The molecule has 14 heavy (non-hydrogen) atoms. The number of nitrogens with zero attached hydrogens (tertiary/aromatic N) is 2. The van der Waals surface area contributed by atoms with Crippen LogP contribution in [0.5, 0.6) is 0 Å². The van der Waals surface area contributed by atoms with E-state index in [2.05, 4.69) is 0 Å². The molecule has 0 atom stereocenters. The third kappa shape index (κ3) is 2.10. The van der Waals surface area contributed by atoms with Crippen LogP contribution < -0.4 is 5.01 Å². The van der Waals surface area contributed by atoms with Crippen LogP contribution in [0.15, 0.2) is 30.3 Å². The number of para-hydroxylation sites is 1. The highest BCUT2D eigenvalue weighted by Crippen LogP contribution is 2.12. The van der Waals surface area contributed by atoms with Crippen LogP contribution in [-0.2, 0) is 9.59 Å². The molecule has 0 aliphatic rings. The van der Waals surface area contributed by atoms with Crippen molar-refractivity contribution in [1.29, 1.82) is 0 Å². The van der Waals surface area contributed by atoms with Crippen LogP contribution >= 0.6 is 0 Å². The molecule has 4 heteroatoms. The van der Waals surface area contributed by atoms with E-state index in [0.717, 1.165) is 5.01 Å². The van der Waals surface area contributed by atoms with E-state index in [0.29, 0.717) is 5.69 Å². The van der Waals surface area contributed by atoms with Crippen LogP contribution in [0.4, 0.5) is 5.69 Å². The van der Waals surface area contributed by atoms with Gasteiger partial charge in [0, 0.05) is 14.0 Å². The molecular formula is C10H11N2O2. The molecule has 0 N–H and O–H groups in total. The molecule has 0 aliphatic carbocycles. The number of benzene rings is 1. The summed E-state index contributed by atoms with van der Waals surface area (Å²) < 4.78 is 0. The molecule has 2 amide bonds. The van der Waals surface area contributed by atoms with Crippen molar-refractivity contribution < 1.29 is 9.59 Å². The van der Waals surface area contributed by atoms with Crippen LogP contribution in [-0.4, -0.2) is 24.4 Å². The lowest BCUT2D eigenvalue weighted by atomic mass is 10.3. The Kier molecular flexibility index (Phi) is 3.23. The lowest BCUT2D eigenvalue weighted by Crippen LogP contribution is -2.41. The number of rotatable bonds is 3. The van der Waals surface area contributed by atoms with Crippen LogP contribution in [0.1, 0.15) is 6.92 Å². The first kappa shape index (κ1) is 10.2. The van der Waals surface area contributed by atoms with Crippen LogP contribution in [0.3, 0.4) is 0 Å². The van der Waals surface area contributed by atoms with Crippen LogP contribution in [0, 0.1) is 0 Å². The molecule has 1 aromatic rings. The lowest BCUT2D eigenvalue weighted by molar-refractivity contribution is -0.127. The topological polar surface area (TPSA) is 40.6 Å². The van der Waals surface area contributed by atoms with Gasteiger partial charge < -0.3 is 0 Å². The third-order valence-electron chi connectivity index (χ3n) is 1.84. The van der Waals surface area contributed by atoms with E-state index in [1.807, 2.05) is 6.07 Å². The van der Waals surface area contributed by atoms with Crippen molar-refractivity contribution in [1.82, 2.24) is 5.01 Å². The summed E-state index contributed by atoms with van der Waals surface area (Å²) in [6.45, 7) is 1.38. The average molecular weight is 191 g/mol. The predicted octanol–water partition coefficient (Wildman–Crippen LogP) is 0.954. The van der Waals surface area contributed by atoms with Gasteiger partial charge in [-0.05, 0) is 12.1 Å². The van der Waals surface area contributed by atoms with Gasteiger partial charge in [-0.25, -0.2) is 10.0 Å². The lowest BCUT2D eigenvalue weighted by Gasteiger charge is -2.25. The Labute approximate surface area is 82.7 Å². The molecular weight excluding hydrogens is 180 g/mol. The summed E-state index contributed by atoms with van der Waals surface area (Å²) >= 11 is 0. The fourth-order valence-electron chi connectivity index (χ4n) is 0.997. The van der Waals surface area contributed by atoms with Crippen molar-refractivity contribution >= 4 is 18.0 Å². The number of anilines is 1. The van der Waals surface area contributed by atoms with Gasteiger partial charge in [0.25, 0.3) is 0 Å². The number of hydrogen-bond acceptors (Lipinski definition) is 2. The minimum Gasteiger partial charge on any atom is -0.273 e. The smallest absolute Gasteiger partial charge is 0.273 e. The molecule has 73 valence electrons. The zero-order valence-corrected chi connectivity index (χ0v) is 8.10. The van der Waals surface area contributed by atoms with Crippen molar-refractivity contribution in [3.8, 4) is 0 Å². The van der Waals surface area contributed by atoms with Gasteiger partial charge in [0.15, 0.2) is 0 Å². The summed E-state index contributed by atoms with van der Waals surface area (Å²) in [6, 6.07) is 8.86. The monoisotopic (exact) mass is 191 g/mol. The van der Waals surface area contributed by atoms with Gasteiger partial charge in [-0.3, -0.25) is 9.59 Å². The van der Waals surface area contributed by atoms with Crippen molar-refractivity contribution in [3.63, 3.8) is 0 Å². The number of hydrazine groups is 1. The number of carbonyl (C=O) groups excluding carboxylic acids is 2. The van der Waals surface area contributed by atoms with Gasteiger partial charge in [-0.2, -0.15) is 0 Å². The standard InChI is InChI=1S/C10H11N2O2/c1-9(14)11(2)12(8-13)10-6-4-3-5-7-10/h3-7H,1-2H3. The average Bonchev–Trinajstić information content (AvgIpc) is 2.20. The van der Waals surface area contributed by atoms with Crippen LogP contribution in [0.25, 0.3) is 0 Å². The van der Waals surface area contributed by atoms with E-state index >= 15 is 0 Å². The summed E-state index contributed by atoms with van der Waals surface area (Å²) in [4.78, 5) is 21.7. The molecule has 0 unspecified atom stereocenters. The Morgan fingerprint density at radius 2 is 1.86 bits per heavy atom. The maximum atomic E-state index is 11.0. The van der Waals surface area contributed by atoms with Gasteiger partial charge in [0.1, 0.15) is 0 Å². The highest BCUT2D eigenvalue weighted by atomic mass is 16.2. The molecule has 4 nitrogen and oxygen atoms in total. The van der Waals surface area contributed by atoms with Crippen molar-refractivity contribution in [3.05, 3.63) is 30.3 Å². The van der Waals surface area contributed by atoms with Crippen molar-refractivity contribution in [2.24, 2.45) is 0 Å². The minimum atomic E-state index is -0.225. The molecule has 1 radical (unpaired) electrons. The van der Waals surface area contributed by atoms with E-state index in [-0.39, 0.29) is 5.91 Å². The highest BCUT2D eigenvalue weighted by molar-refractivity contribution is 5.83. The molecule has 0 bridgehead atoms. The molecule has 0 heterocycles. The molecule has 0 aliphatic heterocycles. The molecule has 0 aromatic heterocycles. The second-order valence-corrected chi connectivity index (χ2v) is 2.78. The fourth-order valence-corrected chi connectivity index (χ4v) is 0.997. The first-order chi connectivity index (χ1) is 6.66. The Bertz CT molecular complexity index is 324. The zero-order valence-electron chi connectivity index (χ0n) is 8.10. The summed E-state index contributed by atoms with van der Waals surface area (Å²) in [6.07, 6.45) is 1.69. The third-order valence-corrected chi connectivity index (χ3v) is 1.84. The summed E-state index contributed by atoms with van der Waals surface area (Å²) in [5.41, 5.74) is 0.611. The summed E-state index contributed by atoms with van der Waals surface area (Å²) in [5, 5.41) is 2.32. The quantitative estimate of drug-likeness (QED) is 0.527. The Morgan fingerprint density at radius 1 is 1.29 bits per heavy atom. The molecule has 0 saturated heterocycles. The first-order valence-corrected chi connectivity index (χ1v) is 4.14. The van der Waals surface area contributed by atoms with E-state index in [1.165, 1.54) is 19.0 Å². The largest absolute Gasteiger partial charge is 0.337 e. The van der Waals surface area contributed by atoms with Crippen molar-refractivity contribution in [2.75, 3.05) is 12.1 Å². The van der Waals surface area contributed by atoms with Gasteiger partial charge in [-0.1, -0.05) is 18.2 Å². The van der Waals surface area contributed by atoms with E-state index in [4.69, 9.17) is 0 Å². The summed E-state index contributed by atoms with van der Waals surface area (Å²) in [7, 11) is 1.51. The van der Waals surface area contributed by atoms with Gasteiger partial charge >= 0.3 is 6.41 Å². The molecule has 0 saturated carbocycles. The van der Waals surface area contributed by atoms with E-state index in [1.54, 1.807) is 30.7 Å². The molecule has 0 spiro atoms. The normalized spacial score (nSPS) is 9.29. The minimum absolute atomic E-state index is 0.225. The number of carbonyl (C=O) groups is 1. The Morgan fingerprint density at radius 3 is 2.29 bits per heavy atom. The SMILES string of the molecule is CC(=O)N(C)N([C]=O)c1ccccc1. The summed E-state index contributed by atoms with van der Waals surface area (Å²) in [5.74, 6) is -0.225. The van der Waals surface area contributed by atoms with E-state index < -0.39 is 0 Å². The van der Waals surface area contributed by atoms with Crippen LogP contribution in [0.2, 0.25) is 0 Å². The maximum absolute atomic E-state index is 11.0. The van der Waals surface area contributed by atoms with Crippen molar-refractivity contribution in [2.45, 2.75) is 6.92 Å². The highest BCUT2D eigenvalue weighted by Gasteiger charge is 2.13. The Balaban J connectivity index is 2.93. The number of amides is 2. The second-order valence-electron chi connectivity index (χ2n) is 2.78. The first-order valence-electron chi connectivity index (χ1n) is 4.14.